The van der Waals surface area contributed by atoms with Crippen LogP contribution in [0.3, 0.4) is 0 Å². The van der Waals surface area contributed by atoms with E-state index in [1.807, 2.05) is 30.9 Å². The van der Waals surface area contributed by atoms with Crippen LogP contribution in [0.5, 0.6) is 5.75 Å². The molecule has 4 N–H and O–H groups in total. The molecular formula is C26H33FN8O4S. The van der Waals surface area contributed by atoms with Gasteiger partial charge in [-0.3, -0.25) is 9.52 Å². The van der Waals surface area contributed by atoms with Gasteiger partial charge in [0.2, 0.25) is 21.9 Å². The summed E-state index contributed by atoms with van der Waals surface area (Å²) in [6.07, 6.45) is 3.15. The number of para-hydroxylation sites is 2. The molecule has 0 radical (unpaired) electrons. The molecule has 0 saturated carbocycles. The van der Waals surface area contributed by atoms with Crippen LogP contribution in [0.2, 0.25) is 0 Å². The molecule has 1 amide bonds. The van der Waals surface area contributed by atoms with Gasteiger partial charge in [0.1, 0.15) is 5.75 Å². The van der Waals surface area contributed by atoms with E-state index in [1.54, 1.807) is 30.3 Å². The number of hydrogen-bond donors (Lipinski definition) is 4. The summed E-state index contributed by atoms with van der Waals surface area (Å²) < 4.78 is 46.1. The van der Waals surface area contributed by atoms with Crippen molar-refractivity contribution in [1.29, 1.82) is 0 Å². The standard InChI is InChI=1S/C26H33FN8O4S/c1-7-24(36)29-20-14-21(23(39-5)15-22(20)35(4)13-12-34(2)3)31-26-28-16-17(27)25(32-26)30-18-10-8-9-11-19(18)33-40(6,37)38/h7-11,14-16,33H,1,12-13H2,2-6H3,(H,29,36)(H2,28,30,31,32). The van der Waals surface area contributed by atoms with Gasteiger partial charge in [-0.2, -0.15) is 4.98 Å². The van der Waals surface area contributed by atoms with Gasteiger partial charge in [-0.15, -0.1) is 0 Å². The van der Waals surface area contributed by atoms with Crippen molar-refractivity contribution in [3.8, 4) is 5.75 Å². The Balaban J connectivity index is 1.97. The lowest BCUT2D eigenvalue weighted by Gasteiger charge is -2.26. The van der Waals surface area contributed by atoms with Crippen molar-refractivity contribution >= 4 is 56.1 Å². The first kappa shape index (κ1) is 30.1. The fraction of sp³-hybridized carbons (Fsp3) is 0.269. The van der Waals surface area contributed by atoms with Gasteiger partial charge < -0.3 is 30.5 Å². The second-order valence-corrected chi connectivity index (χ2v) is 10.8. The van der Waals surface area contributed by atoms with Gasteiger partial charge >= 0.3 is 0 Å². The largest absolute Gasteiger partial charge is 0.494 e. The van der Waals surface area contributed by atoms with E-state index in [0.29, 0.717) is 29.4 Å². The van der Waals surface area contributed by atoms with Crippen molar-refractivity contribution < 1.29 is 22.3 Å². The average Bonchev–Trinajstić information content (AvgIpc) is 2.89. The molecule has 40 heavy (non-hydrogen) atoms. The quantitative estimate of drug-likeness (QED) is 0.225. The normalized spacial score (nSPS) is 11.1. The Hall–Kier alpha value is -4.43. The molecule has 1 heterocycles. The summed E-state index contributed by atoms with van der Waals surface area (Å²) in [7, 11) is 3.75. The van der Waals surface area contributed by atoms with Crippen molar-refractivity contribution in [3.63, 3.8) is 0 Å². The minimum Gasteiger partial charge on any atom is -0.494 e. The van der Waals surface area contributed by atoms with Crippen LogP contribution in [0, 0.1) is 5.82 Å². The number of carbonyl (C=O) groups excluding carboxylic acids is 1. The summed E-state index contributed by atoms with van der Waals surface area (Å²) in [6.45, 7) is 4.97. The van der Waals surface area contributed by atoms with E-state index in [-0.39, 0.29) is 23.1 Å². The van der Waals surface area contributed by atoms with Gasteiger partial charge in [0.05, 0.1) is 48.0 Å². The number of aromatic nitrogens is 2. The highest BCUT2D eigenvalue weighted by atomic mass is 32.2. The molecule has 0 aliphatic heterocycles. The third-order valence-corrected chi connectivity index (χ3v) is 6.11. The number of benzene rings is 2. The third-order valence-electron chi connectivity index (χ3n) is 5.52. The summed E-state index contributed by atoms with van der Waals surface area (Å²) in [5.41, 5.74) is 2.10. The Labute approximate surface area is 233 Å². The predicted octanol–water partition coefficient (Wildman–Crippen LogP) is 3.61. The number of nitrogens with one attached hydrogen (secondary N) is 4. The summed E-state index contributed by atoms with van der Waals surface area (Å²) in [5.74, 6) is -0.911. The Morgan fingerprint density at radius 1 is 1.07 bits per heavy atom. The van der Waals surface area contributed by atoms with E-state index in [4.69, 9.17) is 4.74 Å². The van der Waals surface area contributed by atoms with Gasteiger partial charge in [-0.1, -0.05) is 18.7 Å². The molecule has 12 nitrogen and oxygen atoms in total. The first-order valence-corrected chi connectivity index (χ1v) is 13.9. The van der Waals surface area contributed by atoms with E-state index in [9.17, 15) is 17.6 Å². The van der Waals surface area contributed by atoms with E-state index >= 15 is 0 Å². The van der Waals surface area contributed by atoms with Crippen molar-refractivity contribution in [3.05, 3.63) is 61.1 Å². The summed E-state index contributed by atoms with van der Waals surface area (Å²) in [5, 5.41) is 8.62. The van der Waals surface area contributed by atoms with Gasteiger partial charge in [0.25, 0.3) is 0 Å². The smallest absolute Gasteiger partial charge is 0.247 e. The zero-order chi connectivity index (χ0) is 29.4. The fourth-order valence-electron chi connectivity index (χ4n) is 3.55. The number of nitrogens with zero attached hydrogens (tertiary/aromatic N) is 4. The lowest BCUT2D eigenvalue weighted by atomic mass is 10.2. The minimum absolute atomic E-state index is 0.0189. The number of anilines is 7. The lowest BCUT2D eigenvalue weighted by Crippen LogP contribution is -2.29. The molecule has 0 bridgehead atoms. The van der Waals surface area contributed by atoms with Crippen molar-refractivity contribution in [1.82, 2.24) is 14.9 Å². The SMILES string of the molecule is C=CC(=O)Nc1cc(Nc2ncc(F)c(Nc3ccccc3NS(C)(=O)=O)n2)c(OC)cc1N(C)CCN(C)C. The second-order valence-electron chi connectivity index (χ2n) is 9.05. The molecule has 14 heteroatoms. The zero-order valence-corrected chi connectivity index (χ0v) is 23.8. The molecule has 0 aliphatic rings. The topological polar surface area (TPSA) is 141 Å². The number of sulfonamides is 1. The molecule has 0 unspecified atom stereocenters. The average molecular weight is 573 g/mol. The molecule has 3 aromatic rings. The highest BCUT2D eigenvalue weighted by Crippen LogP contribution is 2.38. The molecular weight excluding hydrogens is 539 g/mol. The first-order chi connectivity index (χ1) is 18.9. The van der Waals surface area contributed by atoms with Gasteiger partial charge in [0, 0.05) is 26.2 Å². The first-order valence-electron chi connectivity index (χ1n) is 12.0. The van der Waals surface area contributed by atoms with Crippen molar-refractivity contribution in [2.24, 2.45) is 0 Å². The molecule has 0 saturated heterocycles. The summed E-state index contributed by atoms with van der Waals surface area (Å²) >= 11 is 0. The van der Waals surface area contributed by atoms with Crippen LogP contribution < -0.4 is 30.3 Å². The highest BCUT2D eigenvalue weighted by molar-refractivity contribution is 7.92. The number of rotatable bonds is 13. The number of halogens is 1. The van der Waals surface area contributed by atoms with Gasteiger partial charge in [0.15, 0.2) is 11.6 Å². The summed E-state index contributed by atoms with van der Waals surface area (Å²) in [6, 6.07) is 9.82. The highest BCUT2D eigenvalue weighted by Gasteiger charge is 2.18. The molecule has 214 valence electrons. The molecule has 0 fully saturated rings. The fourth-order valence-corrected chi connectivity index (χ4v) is 4.13. The van der Waals surface area contributed by atoms with Crippen LogP contribution >= 0.6 is 0 Å². The van der Waals surface area contributed by atoms with Crippen LogP contribution in [0.25, 0.3) is 0 Å². The van der Waals surface area contributed by atoms with Crippen molar-refractivity contribution in [2.45, 2.75) is 0 Å². The maximum absolute atomic E-state index is 14.7. The van der Waals surface area contributed by atoms with Crippen LogP contribution in [0.1, 0.15) is 0 Å². The van der Waals surface area contributed by atoms with E-state index in [1.165, 1.54) is 19.3 Å². The number of likely N-dealkylation sites (N-methyl/N-ethyl adjacent to an activating group) is 2. The summed E-state index contributed by atoms with van der Waals surface area (Å²) in [4.78, 5) is 24.5. The number of ether oxygens (including phenoxy) is 1. The molecule has 0 atom stereocenters. The van der Waals surface area contributed by atoms with Crippen molar-refractivity contribution in [2.75, 3.05) is 73.2 Å². The third kappa shape index (κ3) is 8.28. The number of carbonyl (C=O) groups is 1. The Kier molecular flexibility index (Phi) is 9.85. The van der Waals surface area contributed by atoms with E-state index < -0.39 is 21.7 Å². The van der Waals surface area contributed by atoms with Crippen LogP contribution in [-0.2, 0) is 14.8 Å². The second kappa shape index (κ2) is 13.1. The lowest BCUT2D eigenvalue weighted by molar-refractivity contribution is -0.111. The Morgan fingerprint density at radius 3 is 2.40 bits per heavy atom. The van der Waals surface area contributed by atoms with Crippen LogP contribution in [0.4, 0.5) is 44.6 Å². The molecule has 0 spiro atoms. The maximum Gasteiger partial charge on any atom is 0.247 e. The molecule has 0 aliphatic carbocycles. The van der Waals surface area contributed by atoms with E-state index in [2.05, 4.69) is 37.2 Å². The minimum atomic E-state index is -3.58. The van der Waals surface area contributed by atoms with E-state index in [0.717, 1.165) is 19.0 Å². The van der Waals surface area contributed by atoms with Gasteiger partial charge in [-0.25, -0.2) is 17.8 Å². The molecule has 1 aromatic heterocycles. The van der Waals surface area contributed by atoms with Gasteiger partial charge in [-0.05, 0) is 38.4 Å². The van der Waals surface area contributed by atoms with Crippen LogP contribution in [-0.4, -0.2) is 76.8 Å². The predicted molar refractivity (Wildman–Crippen MR) is 157 cm³/mol. The monoisotopic (exact) mass is 572 g/mol. The Morgan fingerprint density at radius 2 is 1.77 bits per heavy atom. The molecule has 3 rings (SSSR count). The Bertz CT molecular complexity index is 1480. The van der Waals surface area contributed by atoms with Crippen LogP contribution in [0.15, 0.2) is 55.3 Å². The molecule has 2 aromatic carbocycles. The number of amides is 1. The maximum atomic E-state index is 14.7. The number of methoxy groups -OCH3 is 1. The zero-order valence-electron chi connectivity index (χ0n) is 22.9. The number of hydrogen-bond acceptors (Lipinski definition) is 10.